The van der Waals surface area contributed by atoms with Crippen LogP contribution in [0.1, 0.15) is 57.8 Å². The molecule has 0 aliphatic heterocycles. The number of nitrogens with two attached hydrogens (primary N) is 1. The highest BCUT2D eigenvalue weighted by molar-refractivity contribution is 5.79. The molecule has 3 nitrogen and oxygen atoms in total. The minimum absolute atomic E-state index is 0.351. The summed E-state index contributed by atoms with van der Waals surface area (Å²) in [6.45, 7) is 0.897. The van der Waals surface area contributed by atoms with Gasteiger partial charge < -0.3 is 11.1 Å². The molecule has 118 valence electrons. The summed E-state index contributed by atoms with van der Waals surface area (Å²) in [6, 6.07) is 0.404. The van der Waals surface area contributed by atoms with Gasteiger partial charge in [0.1, 0.15) is 0 Å². The first-order chi connectivity index (χ1) is 10.2. The topological polar surface area (TPSA) is 55.1 Å². The second kappa shape index (κ2) is 5.57. The Bertz CT molecular complexity index is 372. The Morgan fingerprint density at radius 3 is 2.05 bits per heavy atom. The van der Waals surface area contributed by atoms with Crippen molar-refractivity contribution in [1.29, 1.82) is 0 Å². The lowest BCUT2D eigenvalue weighted by Crippen LogP contribution is -2.51. The highest BCUT2D eigenvalue weighted by Gasteiger charge is 2.50. The Morgan fingerprint density at radius 2 is 1.48 bits per heavy atom. The van der Waals surface area contributed by atoms with Crippen LogP contribution in [0.5, 0.6) is 0 Å². The summed E-state index contributed by atoms with van der Waals surface area (Å²) < 4.78 is 0. The zero-order valence-electron chi connectivity index (χ0n) is 13.1. The number of hydrogen-bond donors (Lipinski definition) is 2. The predicted octanol–water partition coefficient (Wildman–Crippen LogP) is 2.69. The molecule has 0 heterocycles. The van der Waals surface area contributed by atoms with Crippen LogP contribution >= 0.6 is 0 Å². The molecule has 0 aromatic carbocycles. The van der Waals surface area contributed by atoms with Crippen LogP contribution in [0.25, 0.3) is 0 Å². The van der Waals surface area contributed by atoms with Crippen molar-refractivity contribution in [3.8, 4) is 0 Å². The van der Waals surface area contributed by atoms with Crippen molar-refractivity contribution < 1.29 is 4.79 Å². The fourth-order valence-electron chi connectivity index (χ4n) is 6.11. The summed E-state index contributed by atoms with van der Waals surface area (Å²) in [4.78, 5) is 12.7. The minimum atomic E-state index is 0.351. The van der Waals surface area contributed by atoms with Gasteiger partial charge in [-0.2, -0.15) is 0 Å². The predicted molar refractivity (Wildman–Crippen MR) is 83.5 cm³/mol. The summed E-state index contributed by atoms with van der Waals surface area (Å²) in [5.41, 5.74) is 5.96. The summed E-state index contributed by atoms with van der Waals surface area (Å²) in [7, 11) is 0. The Kier molecular flexibility index (Phi) is 3.72. The summed E-state index contributed by atoms with van der Waals surface area (Å²) >= 11 is 0. The van der Waals surface area contributed by atoms with Gasteiger partial charge in [-0.25, -0.2) is 0 Å². The SMILES string of the molecule is NC1CCC(CNC(=O)C2C3CC4CC(C3)CC2C4)CC1. The number of amides is 1. The van der Waals surface area contributed by atoms with E-state index in [2.05, 4.69) is 5.32 Å². The van der Waals surface area contributed by atoms with E-state index in [9.17, 15) is 4.79 Å². The van der Waals surface area contributed by atoms with Crippen molar-refractivity contribution in [2.45, 2.75) is 63.8 Å². The van der Waals surface area contributed by atoms with Gasteiger partial charge in [0.05, 0.1) is 0 Å². The molecule has 3 heteroatoms. The third kappa shape index (κ3) is 2.74. The third-order valence-electron chi connectivity index (χ3n) is 6.99. The molecule has 5 saturated carbocycles. The number of nitrogens with one attached hydrogen (secondary N) is 1. The monoisotopic (exact) mass is 290 g/mol. The van der Waals surface area contributed by atoms with Gasteiger partial charge in [-0.3, -0.25) is 4.79 Å². The molecule has 5 aliphatic carbocycles. The Morgan fingerprint density at radius 1 is 0.905 bits per heavy atom. The molecule has 0 saturated heterocycles. The zero-order chi connectivity index (χ0) is 14.4. The molecule has 0 spiro atoms. The van der Waals surface area contributed by atoms with E-state index >= 15 is 0 Å². The fraction of sp³-hybridized carbons (Fsp3) is 0.944. The average Bonchev–Trinajstić information content (AvgIpc) is 2.45. The van der Waals surface area contributed by atoms with Crippen molar-refractivity contribution in [2.75, 3.05) is 6.54 Å². The number of hydrogen-bond acceptors (Lipinski definition) is 2. The maximum Gasteiger partial charge on any atom is 0.223 e. The van der Waals surface area contributed by atoms with Gasteiger partial charge >= 0.3 is 0 Å². The first-order valence-electron chi connectivity index (χ1n) is 9.22. The molecule has 21 heavy (non-hydrogen) atoms. The first kappa shape index (κ1) is 14.0. The Labute approximate surface area is 128 Å². The lowest BCUT2D eigenvalue weighted by Gasteiger charge is -2.53. The Hall–Kier alpha value is -0.570. The molecule has 5 fully saturated rings. The van der Waals surface area contributed by atoms with Crippen LogP contribution in [0.4, 0.5) is 0 Å². The van der Waals surface area contributed by atoms with Crippen LogP contribution in [0.2, 0.25) is 0 Å². The fourth-order valence-corrected chi connectivity index (χ4v) is 6.11. The van der Waals surface area contributed by atoms with E-state index in [1.54, 1.807) is 0 Å². The average molecular weight is 290 g/mol. The van der Waals surface area contributed by atoms with Gasteiger partial charge in [0.15, 0.2) is 0 Å². The van der Waals surface area contributed by atoms with E-state index in [0.717, 1.165) is 31.2 Å². The van der Waals surface area contributed by atoms with Crippen LogP contribution in [-0.4, -0.2) is 18.5 Å². The molecule has 3 N–H and O–H groups in total. The first-order valence-corrected chi connectivity index (χ1v) is 9.22. The molecule has 0 radical (unpaired) electrons. The molecular formula is C18H30N2O. The van der Waals surface area contributed by atoms with E-state index < -0.39 is 0 Å². The smallest absolute Gasteiger partial charge is 0.223 e. The van der Waals surface area contributed by atoms with Crippen molar-refractivity contribution in [3.05, 3.63) is 0 Å². The standard InChI is InChI=1S/C18H30N2O/c19-16-3-1-11(2-4-16)10-20-18(21)17-14-6-12-5-13(8-14)9-15(17)7-12/h11-17H,1-10,19H2,(H,20,21). The van der Waals surface area contributed by atoms with Gasteiger partial charge in [-0.15, -0.1) is 0 Å². The molecule has 5 rings (SSSR count). The second-order valence-corrected chi connectivity index (χ2v) is 8.48. The van der Waals surface area contributed by atoms with E-state index in [1.165, 1.54) is 44.9 Å². The summed E-state index contributed by atoms with van der Waals surface area (Å²) in [5, 5.41) is 3.32. The number of carbonyl (C=O) groups is 1. The molecular weight excluding hydrogens is 260 g/mol. The van der Waals surface area contributed by atoms with Gasteiger partial charge in [0, 0.05) is 18.5 Å². The van der Waals surface area contributed by atoms with E-state index in [1.807, 2.05) is 0 Å². The normalized spacial score (nSPS) is 48.3. The van der Waals surface area contributed by atoms with Gasteiger partial charge in [-0.05, 0) is 87.4 Å². The molecule has 4 bridgehead atoms. The molecule has 5 aliphatic rings. The number of rotatable bonds is 3. The highest BCUT2D eigenvalue weighted by atomic mass is 16.1. The largest absolute Gasteiger partial charge is 0.356 e. The zero-order valence-corrected chi connectivity index (χ0v) is 13.1. The maximum atomic E-state index is 12.7. The molecule has 0 aromatic heterocycles. The van der Waals surface area contributed by atoms with Crippen molar-refractivity contribution >= 4 is 5.91 Å². The lowest BCUT2D eigenvalue weighted by atomic mass is 9.51. The van der Waals surface area contributed by atoms with Crippen LogP contribution in [0.15, 0.2) is 0 Å². The minimum Gasteiger partial charge on any atom is -0.356 e. The molecule has 0 atom stereocenters. The van der Waals surface area contributed by atoms with Crippen LogP contribution in [-0.2, 0) is 4.79 Å². The van der Waals surface area contributed by atoms with E-state index in [0.29, 0.717) is 35.6 Å². The molecule has 0 aromatic rings. The lowest BCUT2D eigenvalue weighted by molar-refractivity contribution is -0.138. The number of carbonyl (C=O) groups excluding carboxylic acids is 1. The van der Waals surface area contributed by atoms with Crippen LogP contribution in [0.3, 0.4) is 0 Å². The third-order valence-corrected chi connectivity index (χ3v) is 6.99. The van der Waals surface area contributed by atoms with Gasteiger partial charge in [-0.1, -0.05) is 0 Å². The van der Waals surface area contributed by atoms with Crippen molar-refractivity contribution in [1.82, 2.24) is 5.32 Å². The van der Waals surface area contributed by atoms with Crippen molar-refractivity contribution in [2.24, 2.45) is 41.2 Å². The van der Waals surface area contributed by atoms with E-state index in [-0.39, 0.29) is 0 Å². The van der Waals surface area contributed by atoms with E-state index in [4.69, 9.17) is 5.73 Å². The summed E-state index contributed by atoms with van der Waals surface area (Å²) in [5.74, 6) is 4.74. The van der Waals surface area contributed by atoms with Crippen molar-refractivity contribution in [3.63, 3.8) is 0 Å². The molecule has 1 amide bonds. The maximum absolute atomic E-state index is 12.7. The van der Waals surface area contributed by atoms with Crippen LogP contribution in [0, 0.1) is 35.5 Å². The highest BCUT2D eigenvalue weighted by Crippen LogP contribution is 2.56. The molecule has 0 unspecified atom stereocenters. The van der Waals surface area contributed by atoms with Crippen LogP contribution < -0.4 is 11.1 Å². The van der Waals surface area contributed by atoms with Gasteiger partial charge in [0.25, 0.3) is 0 Å². The Balaban J connectivity index is 1.31. The quantitative estimate of drug-likeness (QED) is 0.839. The summed E-state index contributed by atoms with van der Waals surface area (Å²) in [6.07, 6.45) is 11.5. The van der Waals surface area contributed by atoms with Gasteiger partial charge in [0.2, 0.25) is 5.91 Å². The second-order valence-electron chi connectivity index (χ2n) is 8.48.